The van der Waals surface area contributed by atoms with E-state index in [4.69, 9.17) is 11.6 Å². The van der Waals surface area contributed by atoms with Crippen molar-refractivity contribution >= 4 is 23.3 Å². The number of halogens is 2. The quantitative estimate of drug-likeness (QED) is 0.807. The lowest BCUT2D eigenvalue weighted by molar-refractivity contribution is 0.204. The molecule has 92 valence electrons. The van der Waals surface area contributed by atoms with Crippen LogP contribution in [-0.2, 0) is 0 Å². The maximum Gasteiger partial charge on any atom is 0.321 e. The molecule has 1 aliphatic rings. The summed E-state index contributed by atoms with van der Waals surface area (Å²) in [6, 6.07) is 3.99. The number of anilines is 1. The van der Waals surface area contributed by atoms with Crippen molar-refractivity contribution in [2.45, 2.75) is 0 Å². The van der Waals surface area contributed by atoms with Gasteiger partial charge in [-0.25, -0.2) is 9.18 Å². The van der Waals surface area contributed by atoms with Crippen molar-refractivity contribution in [2.24, 2.45) is 0 Å². The Kier molecular flexibility index (Phi) is 3.81. The third-order valence-corrected chi connectivity index (χ3v) is 2.88. The fourth-order valence-electron chi connectivity index (χ4n) is 1.64. The first-order valence-electron chi connectivity index (χ1n) is 5.38. The number of amides is 2. The summed E-state index contributed by atoms with van der Waals surface area (Å²) in [6.07, 6.45) is 0. The maximum absolute atomic E-state index is 13.2. The molecule has 0 radical (unpaired) electrons. The summed E-state index contributed by atoms with van der Waals surface area (Å²) < 4.78 is 13.2. The van der Waals surface area contributed by atoms with Gasteiger partial charge in [-0.2, -0.15) is 0 Å². The Morgan fingerprint density at radius 2 is 2.12 bits per heavy atom. The molecule has 0 bridgehead atoms. The van der Waals surface area contributed by atoms with Crippen molar-refractivity contribution in [3.05, 3.63) is 29.0 Å². The molecule has 0 atom stereocenters. The largest absolute Gasteiger partial charge is 0.322 e. The first-order chi connectivity index (χ1) is 8.16. The molecule has 2 rings (SSSR count). The minimum Gasteiger partial charge on any atom is -0.322 e. The first kappa shape index (κ1) is 12.1. The highest BCUT2D eigenvalue weighted by atomic mass is 35.5. The van der Waals surface area contributed by atoms with Crippen LogP contribution >= 0.6 is 11.6 Å². The fourth-order valence-corrected chi connectivity index (χ4v) is 1.76. The third-order valence-electron chi connectivity index (χ3n) is 2.58. The minimum atomic E-state index is -0.537. The summed E-state index contributed by atoms with van der Waals surface area (Å²) in [5, 5.41) is 5.84. The van der Waals surface area contributed by atoms with E-state index in [1.165, 1.54) is 12.1 Å². The number of benzene rings is 1. The van der Waals surface area contributed by atoms with Crippen LogP contribution < -0.4 is 10.6 Å². The van der Waals surface area contributed by atoms with Crippen LogP contribution in [0.25, 0.3) is 0 Å². The number of piperazine rings is 1. The summed E-state index contributed by atoms with van der Waals surface area (Å²) in [7, 11) is 0. The van der Waals surface area contributed by atoms with Crippen LogP contribution in [0.4, 0.5) is 14.9 Å². The molecule has 0 aromatic heterocycles. The predicted octanol–water partition coefficient (Wildman–Crippen LogP) is 1.92. The van der Waals surface area contributed by atoms with E-state index in [2.05, 4.69) is 10.6 Å². The molecule has 2 amide bonds. The minimum absolute atomic E-state index is 0.0465. The Labute approximate surface area is 104 Å². The molecule has 17 heavy (non-hydrogen) atoms. The highest BCUT2D eigenvalue weighted by Gasteiger charge is 2.16. The van der Waals surface area contributed by atoms with Crippen LogP contribution in [0.5, 0.6) is 0 Å². The SMILES string of the molecule is O=C(Nc1ccc(Cl)c(F)c1)N1CCNCC1. The van der Waals surface area contributed by atoms with E-state index in [0.717, 1.165) is 13.1 Å². The van der Waals surface area contributed by atoms with E-state index in [-0.39, 0.29) is 11.1 Å². The summed E-state index contributed by atoms with van der Waals surface area (Å²) in [4.78, 5) is 13.5. The molecule has 1 aromatic carbocycles. The van der Waals surface area contributed by atoms with E-state index in [9.17, 15) is 9.18 Å². The summed E-state index contributed by atoms with van der Waals surface area (Å²) in [5.74, 6) is -0.537. The maximum atomic E-state index is 13.2. The lowest BCUT2D eigenvalue weighted by atomic mass is 10.3. The van der Waals surface area contributed by atoms with Gasteiger partial charge in [0.2, 0.25) is 0 Å². The van der Waals surface area contributed by atoms with Crippen molar-refractivity contribution in [3.8, 4) is 0 Å². The normalized spacial score (nSPS) is 15.8. The average molecular weight is 258 g/mol. The average Bonchev–Trinajstić information content (AvgIpc) is 2.35. The number of urea groups is 1. The van der Waals surface area contributed by atoms with Crippen LogP contribution in [-0.4, -0.2) is 37.1 Å². The summed E-state index contributed by atoms with van der Waals surface area (Å²) >= 11 is 5.56. The Morgan fingerprint density at radius 1 is 1.41 bits per heavy atom. The number of hydrogen-bond donors (Lipinski definition) is 2. The van der Waals surface area contributed by atoms with Gasteiger partial charge in [-0.15, -0.1) is 0 Å². The monoisotopic (exact) mass is 257 g/mol. The fraction of sp³-hybridized carbons (Fsp3) is 0.364. The van der Waals surface area contributed by atoms with Gasteiger partial charge >= 0.3 is 6.03 Å². The van der Waals surface area contributed by atoms with E-state index < -0.39 is 5.82 Å². The van der Waals surface area contributed by atoms with Crippen molar-refractivity contribution < 1.29 is 9.18 Å². The molecular weight excluding hydrogens is 245 g/mol. The van der Waals surface area contributed by atoms with Crippen LogP contribution in [0.2, 0.25) is 5.02 Å². The Balaban J connectivity index is 1.99. The van der Waals surface area contributed by atoms with Crippen molar-refractivity contribution in [3.63, 3.8) is 0 Å². The Morgan fingerprint density at radius 3 is 2.76 bits per heavy atom. The van der Waals surface area contributed by atoms with Gasteiger partial charge in [0.15, 0.2) is 0 Å². The van der Waals surface area contributed by atoms with Crippen molar-refractivity contribution in [1.29, 1.82) is 0 Å². The van der Waals surface area contributed by atoms with E-state index in [0.29, 0.717) is 18.8 Å². The smallest absolute Gasteiger partial charge is 0.321 e. The lowest BCUT2D eigenvalue weighted by Gasteiger charge is -2.27. The molecule has 1 fully saturated rings. The van der Waals surface area contributed by atoms with E-state index >= 15 is 0 Å². The highest BCUT2D eigenvalue weighted by molar-refractivity contribution is 6.30. The van der Waals surface area contributed by atoms with Gasteiger partial charge in [0.1, 0.15) is 5.82 Å². The molecule has 0 saturated carbocycles. The van der Waals surface area contributed by atoms with Crippen molar-refractivity contribution in [1.82, 2.24) is 10.2 Å². The van der Waals surface area contributed by atoms with Crippen LogP contribution in [0.3, 0.4) is 0 Å². The molecule has 0 spiro atoms. The molecule has 0 aliphatic carbocycles. The Hall–Kier alpha value is -1.33. The predicted molar refractivity (Wildman–Crippen MR) is 64.9 cm³/mol. The zero-order chi connectivity index (χ0) is 12.3. The molecule has 4 nitrogen and oxygen atoms in total. The molecule has 1 aromatic rings. The Bertz CT molecular complexity index is 421. The number of nitrogens with zero attached hydrogens (tertiary/aromatic N) is 1. The molecular formula is C11H13ClFN3O. The topological polar surface area (TPSA) is 44.4 Å². The third kappa shape index (κ3) is 3.08. The van der Waals surface area contributed by atoms with Crippen LogP contribution in [0.1, 0.15) is 0 Å². The first-order valence-corrected chi connectivity index (χ1v) is 5.76. The van der Waals surface area contributed by atoms with Crippen molar-refractivity contribution in [2.75, 3.05) is 31.5 Å². The van der Waals surface area contributed by atoms with Gasteiger partial charge < -0.3 is 15.5 Å². The highest BCUT2D eigenvalue weighted by Crippen LogP contribution is 2.18. The molecule has 0 unspecified atom stereocenters. The standard InChI is InChI=1S/C11H13ClFN3O/c12-9-2-1-8(7-10(9)13)15-11(17)16-5-3-14-4-6-16/h1-2,7,14H,3-6H2,(H,15,17). The van der Waals surface area contributed by atoms with Gasteiger partial charge in [0.25, 0.3) is 0 Å². The number of carbonyl (C=O) groups excluding carboxylic acids is 1. The van der Waals surface area contributed by atoms with Gasteiger partial charge in [-0.1, -0.05) is 11.6 Å². The van der Waals surface area contributed by atoms with E-state index in [1.54, 1.807) is 11.0 Å². The number of rotatable bonds is 1. The second kappa shape index (κ2) is 5.33. The molecule has 2 N–H and O–H groups in total. The summed E-state index contributed by atoms with van der Waals surface area (Å²) in [5.41, 5.74) is 0.412. The van der Waals surface area contributed by atoms with Gasteiger partial charge in [0, 0.05) is 31.9 Å². The second-order valence-electron chi connectivity index (χ2n) is 3.80. The molecule has 1 aliphatic heterocycles. The van der Waals surface area contributed by atoms with Gasteiger partial charge in [0.05, 0.1) is 5.02 Å². The zero-order valence-corrected chi connectivity index (χ0v) is 9.93. The number of carbonyl (C=O) groups is 1. The zero-order valence-electron chi connectivity index (χ0n) is 9.17. The van der Waals surface area contributed by atoms with Gasteiger partial charge in [-0.05, 0) is 18.2 Å². The van der Waals surface area contributed by atoms with Crippen LogP contribution in [0.15, 0.2) is 18.2 Å². The number of hydrogen-bond acceptors (Lipinski definition) is 2. The van der Waals surface area contributed by atoms with E-state index in [1.807, 2.05) is 0 Å². The lowest BCUT2D eigenvalue weighted by Crippen LogP contribution is -2.48. The summed E-state index contributed by atoms with van der Waals surface area (Å²) in [6.45, 7) is 2.87. The van der Waals surface area contributed by atoms with Crippen LogP contribution in [0, 0.1) is 5.82 Å². The number of nitrogens with one attached hydrogen (secondary N) is 2. The van der Waals surface area contributed by atoms with Gasteiger partial charge in [-0.3, -0.25) is 0 Å². The molecule has 1 heterocycles. The molecule has 1 saturated heterocycles. The second-order valence-corrected chi connectivity index (χ2v) is 4.20. The molecule has 6 heteroatoms.